The predicted octanol–water partition coefficient (Wildman–Crippen LogP) is 1.41. The van der Waals surface area contributed by atoms with E-state index >= 15 is 0 Å². The molecule has 0 saturated heterocycles. The Morgan fingerprint density at radius 2 is 2.00 bits per heavy atom. The van der Waals surface area contributed by atoms with Crippen molar-refractivity contribution >= 4 is 6.29 Å². The van der Waals surface area contributed by atoms with Gasteiger partial charge in [-0.15, -0.1) is 0 Å². The molecule has 0 bridgehead atoms. The van der Waals surface area contributed by atoms with Crippen LogP contribution in [0.4, 0.5) is 0 Å². The van der Waals surface area contributed by atoms with Gasteiger partial charge in [-0.1, -0.05) is 30.3 Å². The molecule has 0 aliphatic carbocycles. The number of hydrogen-bond acceptors (Lipinski definition) is 2. The highest BCUT2D eigenvalue weighted by Gasteiger charge is 1.90. The van der Waals surface area contributed by atoms with Crippen molar-refractivity contribution in [3.63, 3.8) is 0 Å². The number of benzene rings is 1. The second kappa shape index (κ2) is 6.38. The first-order chi connectivity index (χ1) is 6.43. The van der Waals surface area contributed by atoms with Gasteiger partial charge in [0.1, 0.15) is 6.29 Å². The molecular formula is C11H15NO. The summed E-state index contributed by atoms with van der Waals surface area (Å²) in [6.45, 7) is 1.38. The summed E-state index contributed by atoms with van der Waals surface area (Å²) in [5.74, 6) is 0. The molecule has 1 rings (SSSR count). The van der Waals surface area contributed by atoms with Gasteiger partial charge in [0, 0.05) is 0 Å². The minimum atomic E-state index is 0.467. The van der Waals surface area contributed by atoms with Crippen LogP contribution in [-0.4, -0.2) is 19.4 Å². The van der Waals surface area contributed by atoms with Crippen LogP contribution >= 0.6 is 0 Å². The third-order valence-corrected chi connectivity index (χ3v) is 1.89. The van der Waals surface area contributed by atoms with E-state index in [0.29, 0.717) is 6.54 Å². The molecule has 0 saturated carbocycles. The standard InChI is InChI=1S/C11H15NO/c13-10-9-12-8-4-7-11-5-2-1-3-6-11/h1-3,5-6,10,12H,4,7-9H2. The maximum atomic E-state index is 9.98. The van der Waals surface area contributed by atoms with Gasteiger partial charge in [0.05, 0.1) is 6.54 Å². The Kier molecular flexibility index (Phi) is 4.87. The lowest BCUT2D eigenvalue weighted by Crippen LogP contribution is -2.17. The summed E-state index contributed by atoms with van der Waals surface area (Å²) in [6, 6.07) is 10.4. The molecular weight excluding hydrogens is 162 g/mol. The molecule has 0 radical (unpaired) electrons. The summed E-state index contributed by atoms with van der Waals surface area (Å²) in [5.41, 5.74) is 1.36. The predicted molar refractivity (Wildman–Crippen MR) is 53.7 cm³/mol. The van der Waals surface area contributed by atoms with Gasteiger partial charge in [-0.25, -0.2) is 0 Å². The molecule has 0 fully saturated rings. The van der Waals surface area contributed by atoms with E-state index in [1.807, 2.05) is 18.2 Å². The van der Waals surface area contributed by atoms with E-state index in [9.17, 15) is 4.79 Å². The Labute approximate surface area is 79.0 Å². The lowest BCUT2D eigenvalue weighted by Gasteiger charge is -2.00. The van der Waals surface area contributed by atoms with Gasteiger partial charge in [0.25, 0.3) is 0 Å². The molecule has 2 nitrogen and oxygen atoms in total. The zero-order valence-electron chi connectivity index (χ0n) is 7.70. The quantitative estimate of drug-likeness (QED) is 0.526. The van der Waals surface area contributed by atoms with Crippen LogP contribution in [-0.2, 0) is 11.2 Å². The maximum absolute atomic E-state index is 9.98. The first-order valence-corrected chi connectivity index (χ1v) is 4.62. The number of carbonyl (C=O) groups is 1. The summed E-state index contributed by atoms with van der Waals surface area (Å²) in [6.07, 6.45) is 3.05. The molecule has 0 spiro atoms. The lowest BCUT2D eigenvalue weighted by atomic mass is 10.1. The van der Waals surface area contributed by atoms with Crippen molar-refractivity contribution in [1.82, 2.24) is 5.32 Å². The first-order valence-electron chi connectivity index (χ1n) is 4.62. The zero-order chi connectivity index (χ0) is 9.36. The Hall–Kier alpha value is -1.15. The van der Waals surface area contributed by atoms with E-state index in [-0.39, 0.29) is 0 Å². The number of nitrogens with one attached hydrogen (secondary N) is 1. The fourth-order valence-corrected chi connectivity index (χ4v) is 1.22. The highest BCUT2D eigenvalue weighted by molar-refractivity contribution is 5.51. The largest absolute Gasteiger partial charge is 0.310 e. The van der Waals surface area contributed by atoms with Crippen molar-refractivity contribution < 1.29 is 4.79 Å². The second-order valence-electron chi connectivity index (χ2n) is 2.96. The van der Waals surface area contributed by atoms with Crippen LogP contribution in [0.3, 0.4) is 0 Å². The average Bonchev–Trinajstić information content (AvgIpc) is 2.19. The van der Waals surface area contributed by atoms with Crippen LogP contribution in [0.1, 0.15) is 12.0 Å². The van der Waals surface area contributed by atoms with Crippen molar-refractivity contribution in [2.45, 2.75) is 12.8 Å². The van der Waals surface area contributed by atoms with Gasteiger partial charge in [0.15, 0.2) is 0 Å². The van der Waals surface area contributed by atoms with E-state index in [4.69, 9.17) is 0 Å². The van der Waals surface area contributed by atoms with Gasteiger partial charge < -0.3 is 10.1 Å². The molecule has 1 aromatic rings. The fraction of sp³-hybridized carbons (Fsp3) is 0.364. The van der Waals surface area contributed by atoms with Crippen molar-refractivity contribution in [1.29, 1.82) is 0 Å². The molecule has 0 atom stereocenters. The highest BCUT2D eigenvalue weighted by Crippen LogP contribution is 2.00. The molecule has 13 heavy (non-hydrogen) atoms. The third-order valence-electron chi connectivity index (χ3n) is 1.89. The molecule has 0 aromatic heterocycles. The Bertz CT molecular complexity index is 233. The van der Waals surface area contributed by atoms with Crippen molar-refractivity contribution in [2.75, 3.05) is 13.1 Å². The van der Waals surface area contributed by atoms with Crippen molar-refractivity contribution in [2.24, 2.45) is 0 Å². The number of aldehydes is 1. The molecule has 1 N–H and O–H groups in total. The van der Waals surface area contributed by atoms with Gasteiger partial charge in [-0.05, 0) is 24.9 Å². The van der Waals surface area contributed by atoms with Crippen molar-refractivity contribution in [3.8, 4) is 0 Å². The molecule has 0 unspecified atom stereocenters. The summed E-state index contributed by atoms with van der Waals surface area (Å²) in [7, 11) is 0. The molecule has 0 heterocycles. The van der Waals surface area contributed by atoms with Crippen molar-refractivity contribution in [3.05, 3.63) is 35.9 Å². The van der Waals surface area contributed by atoms with Gasteiger partial charge in [0.2, 0.25) is 0 Å². The Morgan fingerprint density at radius 3 is 2.69 bits per heavy atom. The Morgan fingerprint density at radius 1 is 1.23 bits per heavy atom. The monoisotopic (exact) mass is 177 g/mol. The van der Waals surface area contributed by atoms with Gasteiger partial charge in [-0.3, -0.25) is 0 Å². The van der Waals surface area contributed by atoms with Crippen LogP contribution in [0.25, 0.3) is 0 Å². The maximum Gasteiger partial charge on any atom is 0.133 e. The smallest absolute Gasteiger partial charge is 0.133 e. The second-order valence-corrected chi connectivity index (χ2v) is 2.96. The minimum Gasteiger partial charge on any atom is -0.310 e. The molecule has 2 heteroatoms. The van der Waals surface area contributed by atoms with E-state index < -0.39 is 0 Å². The molecule has 70 valence electrons. The van der Waals surface area contributed by atoms with E-state index in [0.717, 1.165) is 25.7 Å². The summed E-state index contributed by atoms with van der Waals surface area (Å²) < 4.78 is 0. The minimum absolute atomic E-state index is 0.467. The number of aryl methyl sites for hydroxylation is 1. The van der Waals surface area contributed by atoms with Crippen LogP contribution in [0.2, 0.25) is 0 Å². The zero-order valence-corrected chi connectivity index (χ0v) is 7.70. The first kappa shape index (κ1) is 9.93. The normalized spacial score (nSPS) is 9.85. The van der Waals surface area contributed by atoms with Gasteiger partial charge >= 0.3 is 0 Å². The summed E-state index contributed by atoms with van der Waals surface area (Å²) in [5, 5.41) is 3.04. The van der Waals surface area contributed by atoms with E-state index in [2.05, 4.69) is 17.4 Å². The number of carbonyl (C=O) groups excluding carboxylic acids is 1. The number of hydrogen-bond donors (Lipinski definition) is 1. The lowest BCUT2D eigenvalue weighted by molar-refractivity contribution is -0.107. The molecule has 1 aromatic carbocycles. The molecule has 0 aliphatic rings. The van der Waals surface area contributed by atoms with Crippen LogP contribution < -0.4 is 5.32 Å². The van der Waals surface area contributed by atoms with Gasteiger partial charge in [-0.2, -0.15) is 0 Å². The fourth-order valence-electron chi connectivity index (χ4n) is 1.22. The SMILES string of the molecule is O=CCNCCCc1ccccc1. The van der Waals surface area contributed by atoms with Crippen LogP contribution in [0, 0.1) is 0 Å². The summed E-state index contributed by atoms with van der Waals surface area (Å²) >= 11 is 0. The van der Waals surface area contributed by atoms with Crippen LogP contribution in [0.15, 0.2) is 30.3 Å². The highest BCUT2D eigenvalue weighted by atomic mass is 16.1. The Balaban J connectivity index is 2.10. The third kappa shape index (κ3) is 4.43. The topological polar surface area (TPSA) is 29.1 Å². The molecule has 0 amide bonds. The van der Waals surface area contributed by atoms with E-state index in [1.165, 1.54) is 5.56 Å². The average molecular weight is 177 g/mol. The number of rotatable bonds is 6. The van der Waals surface area contributed by atoms with E-state index in [1.54, 1.807) is 0 Å². The summed E-state index contributed by atoms with van der Waals surface area (Å²) in [4.78, 5) is 9.98. The van der Waals surface area contributed by atoms with Crippen LogP contribution in [0.5, 0.6) is 0 Å². The molecule has 0 aliphatic heterocycles.